The first-order valence-corrected chi connectivity index (χ1v) is 21.8. The third-order valence-corrected chi connectivity index (χ3v) is 13.3. The lowest BCUT2D eigenvalue weighted by molar-refractivity contribution is 0.660. The van der Waals surface area contributed by atoms with E-state index in [9.17, 15) is 0 Å². The van der Waals surface area contributed by atoms with Crippen molar-refractivity contribution in [3.63, 3.8) is 0 Å². The summed E-state index contributed by atoms with van der Waals surface area (Å²) in [6, 6.07) is 81.6. The van der Waals surface area contributed by atoms with Crippen LogP contribution in [0.25, 0.3) is 88.3 Å². The fraction of sp³-hybridized carbons (Fsp3) is 0.0492. The van der Waals surface area contributed by atoms with E-state index in [4.69, 9.17) is 4.42 Å². The van der Waals surface area contributed by atoms with Crippen molar-refractivity contribution >= 4 is 49.8 Å². The Labute approximate surface area is 368 Å². The maximum atomic E-state index is 6.57. The van der Waals surface area contributed by atoms with Gasteiger partial charge in [-0.3, -0.25) is 0 Å². The first kappa shape index (κ1) is 36.9. The van der Waals surface area contributed by atoms with E-state index < -0.39 is 0 Å². The largest absolute Gasteiger partial charge is 0.455 e. The van der Waals surface area contributed by atoms with E-state index in [0.29, 0.717) is 0 Å². The second-order valence-corrected chi connectivity index (χ2v) is 17.2. The van der Waals surface area contributed by atoms with E-state index in [-0.39, 0.29) is 5.41 Å². The van der Waals surface area contributed by atoms with Gasteiger partial charge >= 0.3 is 0 Å². The van der Waals surface area contributed by atoms with Crippen molar-refractivity contribution in [1.29, 1.82) is 0 Å². The predicted molar refractivity (Wildman–Crippen MR) is 265 cm³/mol. The lowest BCUT2D eigenvalue weighted by atomic mass is 9.81. The van der Waals surface area contributed by atoms with Crippen LogP contribution in [-0.2, 0) is 5.41 Å². The van der Waals surface area contributed by atoms with Crippen LogP contribution in [0.3, 0.4) is 0 Å². The lowest BCUT2D eigenvalue weighted by Gasteiger charge is -2.29. The molecule has 1 heterocycles. The number of hydrogen-bond donors (Lipinski definition) is 0. The van der Waals surface area contributed by atoms with Crippen LogP contribution in [-0.4, -0.2) is 0 Å². The van der Waals surface area contributed by atoms with Crippen molar-refractivity contribution < 1.29 is 4.42 Å². The molecule has 1 aliphatic rings. The van der Waals surface area contributed by atoms with Crippen LogP contribution in [0.5, 0.6) is 0 Å². The van der Waals surface area contributed by atoms with Gasteiger partial charge in [-0.05, 0) is 109 Å². The summed E-state index contributed by atoms with van der Waals surface area (Å²) in [5.41, 5.74) is 19.7. The van der Waals surface area contributed by atoms with Gasteiger partial charge < -0.3 is 9.32 Å². The summed E-state index contributed by atoms with van der Waals surface area (Å²) in [6.45, 7) is 4.70. The molecule has 1 aliphatic carbocycles. The molecule has 0 bridgehead atoms. The molecule has 0 saturated carbocycles. The van der Waals surface area contributed by atoms with E-state index in [2.05, 4.69) is 237 Å². The summed E-state index contributed by atoms with van der Waals surface area (Å²) in [5, 5.41) is 4.69. The Morgan fingerprint density at radius 1 is 0.365 bits per heavy atom. The molecule has 1 aromatic heterocycles. The molecule has 0 saturated heterocycles. The average Bonchev–Trinajstić information content (AvgIpc) is 3.84. The molecule has 0 unspecified atom stereocenters. The summed E-state index contributed by atoms with van der Waals surface area (Å²) in [6.07, 6.45) is 0. The van der Waals surface area contributed by atoms with Gasteiger partial charge in [0.2, 0.25) is 0 Å². The summed E-state index contributed by atoms with van der Waals surface area (Å²) >= 11 is 0. The van der Waals surface area contributed by atoms with Crippen LogP contribution in [0.1, 0.15) is 25.0 Å². The molecule has 11 aromatic rings. The fourth-order valence-electron chi connectivity index (χ4n) is 10.2. The predicted octanol–water partition coefficient (Wildman–Crippen LogP) is 17.2. The van der Waals surface area contributed by atoms with Gasteiger partial charge in [-0.15, -0.1) is 0 Å². The van der Waals surface area contributed by atoms with Crippen molar-refractivity contribution in [3.05, 3.63) is 236 Å². The lowest BCUT2D eigenvalue weighted by Crippen LogP contribution is -2.14. The zero-order valence-electron chi connectivity index (χ0n) is 35.2. The Morgan fingerprint density at radius 3 is 1.84 bits per heavy atom. The van der Waals surface area contributed by atoms with Gasteiger partial charge in [0.15, 0.2) is 0 Å². The monoisotopic (exact) mass is 805 g/mol. The number of furan rings is 1. The summed E-state index contributed by atoms with van der Waals surface area (Å²) < 4.78 is 6.57. The zero-order valence-corrected chi connectivity index (χ0v) is 35.2. The Bertz CT molecular complexity index is 3530. The van der Waals surface area contributed by atoms with Crippen molar-refractivity contribution in [2.45, 2.75) is 19.3 Å². The van der Waals surface area contributed by atoms with Crippen molar-refractivity contribution in [2.75, 3.05) is 4.90 Å². The van der Waals surface area contributed by atoms with Gasteiger partial charge in [0.1, 0.15) is 11.2 Å². The summed E-state index contributed by atoms with van der Waals surface area (Å²) in [4.78, 5) is 2.42. The Morgan fingerprint density at radius 2 is 0.984 bits per heavy atom. The highest BCUT2D eigenvalue weighted by atomic mass is 16.3. The van der Waals surface area contributed by atoms with Crippen molar-refractivity contribution in [1.82, 2.24) is 0 Å². The standard InChI is InChI=1S/C61H43NO/c1-61(2)55-29-9-6-22-49(55)50-37-34-43(39-56(50)61)40-32-35-45(36-33-40)62(46-21-12-20-44(38-46)48-26-15-28-54-52-24-8-11-31-58(52)63-60(48)54)57-30-10-7-23-51(57)53-27-14-19-42-18-13-25-47(59(42)53)41-16-4-3-5-17-41/h3-39H,1-2H3. The Balaban J connectivity index is 1.03. The van der Waals surface area contributed by atoms with E-state index in [1.807, 2.05) is 6.07 Å². The molecule has 2 nitrogen and oxygen atoms in total. The number of nitrogens with zero attached hydrogens (tertiary/aromatic N) is 1. The number of hydrogen-bond acceptors (Lipinski definition) is 2. The second-order valence-electron chi connectivity index (χ2n) is 17.2. The van der Waals surface area contributed by atoms with Gasteiger partial charge in [0, 0.05) is 38.7 Å². The van der Waals surface area contributed by atoms with Gasteiger partial charge in [-0.25, -0.2) is 0 Å². The average molecular weight is 806 g/mol. The first-order valence-electron chi connectivity index (χ1n) is 21.8. The smallest absolute Gasteiger partial charge is 0.143 e. The maximum Gasteiger partial charge on any atom is 0.143 e. The maximum absolute atomic E-state index is 6.57. The topological polar surface area (TPSA) is 16.4 Å². The molecular weight excluding hydrogens is 763 g/mol. The quantitative estimate of drug-likeness (QED) is 0.160. The highest BCUT2D eigenvalue weighted by Crippen LogP contribution is 2.50. The summed E-state index contributed by atoms with van der Waals surface area (Å²) in [5.74, 6) is 0. The molecule has 298 valence electrons. The molecule has 63 heavy (non-hydrogen) atoms. The van der Waals surface area contributed by atoms with E-state index >= 15 is 0 Å². The van der Waals surface area contributed by atoms with Gasteiger partial charge in [0.05, 0.1) is 5.69 Å². The van der Waals surface area contributed by atoms with E-state index in [1.54, 1.807) is 0 Å². The third kappa shape index (κ3) is 6.02. The molecule has 0 amide bonds. The van der Waals surface area contributed by atoms with Crippen LogP contribution >= 0.6 is 0 Å². The molecule has 0 atom stereocenters. The Kier molecular flexibility index (Phi) is 8.55. The molecular formula is C61H43NO. The minimum absolute atomic E-state index is 0.0674. The molecule has 12 rings (SSSR count). The fourth-order valence-corrected chi connectivity index (χ4v) is 10.2. The third-order valence-electron chi connectivity index (χ3n) is 13.3. The number of fused-ring (bicyclic) bond motifs is 7. The molecule has 0 radical (unpaired) electrons. The first-order chi connectivity index (χ1) is 31.0. The molecule has 2 heteroatoms. The number of rotatable bonds is 7. The van der Waals surface area contributed by atoms with Gasteiger partial charge in [0.25, 0.3) is 0 Å². The van der Waals surface area contributed by atoms with E-state index in [1.165, 1.54) is 60.8 Å². The minimum atomic E-state index is -0.0674. The Hall–Kier alpha value is -7.94. The summed E-state index contributed by atoms with van der Waals surface area (Å²) in [7, 11) is 0. The zero-order chi connectivity index (χ0) is 42.1. The van der Waals surface area contributed by atoms with Gasteiger partial charge in [-0.1, -0.05) is 196 Å². The van der Waals surface area contributed by atoms with E-state index in [0.717, 1.165) is 55.7 Å². The van der Waals surface area contributed by atoms with Crippen LogP contribution in [0, 0.1) is 0 Å². The number of para-hydroxylation sites is 3. The number of anilines is 3. The molecule has 0 fully saturated rings. The minimum Gasteiger partial charge on any atom is -0.455 e. The second kappa shape index (κ2) is 14.6. The molecule has 10 aromatic carbocycles. The normalized spacial score (nSPS) is 12.7. The molecule has 0 aliphatic heterocycles. The SMILES string of the molecule is CC1(C)c2ccccc2-c2ccc(-c3ccc(N(c4cccc(-c5cccc6c5oc5ccccc56)c4)c4ccccc4-c4cccc5cccc(-c6ccccc6)c45)cc3)cc21. The highest BCUT2D eigenvalue weighted by Gasteiger charge is 2.35. The van der Waals surface area contributed by atoms with Crippen molar-refractivity contribution in [3.8, 4) is 55.6 Å². The van der Waals surface area contributed by atoms with Crippen molar-refractivity contribution in [2.24, 2.45) is 0 Å². The van der Waals surface area contributed by atoms with Crippen LogP contribution in [0.2, 0.25) is 0 Å². The highest BCUT2D eigenvalue weighted by molar-refractivity contribution is 6.11. The molecule has 0 N–H and O–H groups in total. The molecule has 0 spiro atoms. The number of benzene rings is 10. The van der Waals surface area contributed by atoms with Crippen LogP contribution < -0.4 is 4.90 Å². The van der Waals surface area contributed by atoms with Crippen LogP contribution in [0.4, 0.5) is 17.1 Å². The van der Waals surface area contributed by atoms with Gasteiger partial charge in [-0.2, -0.15) is 0 Å². The van der Waals surface area contributed by atoms with Crippen LogP contribution in [0.15, 0.2) is 229 Å².